The van der Waals surface area contributed by atoms with Gasteiger partial charge in [-0.1, -0.05) is 35.9 Å². The van der Waals surface area contributed by atoms with Crippen LogP contribution in [0.3, 0.4) is 0 Å². The molecule has 1 aliphatic rings. The van der Waals surface area contributed by atoms with Crippen molar-refractivity contribution < 1.29 is 17.9 Å². The third kappa shape index (κ3) is 5.67. The number of sulfonamides is 1. The van der Waals surface area contributed by atoms with Gasteiger partial charge in [-0.3, -0.25) is 4.79 Å². The second-order valence-corrected chi connectivity index (χ2v) is 9.08. The maximum Gasteiger partial charge on any atom is 0.244 e. The number of hydrogen-bond donors (Lipinski definition) is 1. The molecule has 29 heavy (non-hydrogen) atoms. The molecule has 1 amide bonds. The Kier molecular flexibility index (Phi) is 7.08. The zero-order valence-electron chi connectivity index (χ0n) is 16.0. The number of nitrogens with zero attached hydrogens (tertiary/aromatic N) is 1. The van der Waals surface area contributed by atoms with Gasteiger partial charge in [-0.2, -0.15) is 4.31 Å². The number of carbonyl (C=O) groups is 1. The number of amides is 1. The van der Waals surface area contributed by atoms with Gasteiger partial charge in [-0.15, -0.1) is 0 Å². The van der Waals surface area contributed by atoms with Crippen LogP contribution in [0.4, 0.5) is 0 Å². The Balaban J connectivity index is 1.61. The molecule has 0 spiro atoms. The van der Waals surface area contributed by atoms with Gasteiger partial charge in [-0.25, -0.2) is 8.42 Å². The first-order valence-corrected chi connectivity index (χ1v) is 11.1. The predicted octanol–water partition coefficient (Wildman–Crippen LogP) is 3.25. The molecule has 1 unspecified atom stereocenters. The highest BCUT2D eigenvalue weighted by molar-refractivity contribution is 7.89. The van der Waals surface area contributed by atoms with Crippen molar-refractivity contribution in [2.45, 2.75) is 17.9 Å². The van der Waals surface area contributed by atoms with Gasteiger partial charge >= 0.3 is 0 Å². The minimum Gasteiger partial charge on any atom is -0.379 e. The van der Waals surface area contributed by atoms with Gasteiger partial charge in [0.05, 0.1) is 24.2 Å². The third-order valence-corrected chi connectivity index (χ3v) is 6.77. The van der Waals surface area contributed by atoms with Gasteiger partial charge in [0.2, 0.25) is 15.9 Å². The molecule has 2 aromatic carbocycles. The van der Waals surface area contributed by atoms with E-state index in [1.54, 1.807) is 36.4 Å². The molecule has 1 atom stereocenters. The van der Waals surface area contributed by atoms with E-state index in [0.717, 1.165) is 11.1 Å². The molecule has 1 heterocycles. The minimum atomic E-state index is -3.52. The van der Waals surface area contributed by atoms with Gasteiger partial charge in [0.15, 0.2) is 0 Å². The summed E-state index contributed by atoms with van der Waals surface area (Å²) in [5.41, 5.74) is 1.65. The lowest BCUT2D eigenvalue weighted by molar-refractivity contribution is -0.117. The Bertz CT molecular complexity index is 984. The van der Waals surface area contributed by atoms with E-state index in [4.69, 9.17) is 16.3 Å². The highest BCUT2D eigenvalue weighted by Crippen LogP contribution is 2.19. The summed E-state index contributed by atoms with van der Waals surface area (Å²) in [7, 11) is -3.52. The molecule has 0 saturated carbocycles. The lowest BCUT2D eigenvalue weighted by Gasteiger charge is -2.26. The van der Waals surface area contributed by atoms with E-state index in [9.17, 15) is 13.2 Å². The standard InChI is InChI=1S/C21H23ClN2O4S/c1-16(18-3-2-4-19(22)15-18)23-21(25)10-7-17-5-8-20(9-6-17)29(26,27)24-11-13-28-14-12-24/h2-10,15-16H,11-14H2,1H3,(H,23,25)/b10-7+. The lowest BCUT2D eigenvalue weighted by atomic mass is 10.1. The van der Waals surface area contributed by atoms with E-state index in [1.807, 2.05) is 25.1 Å². The normalized spacial score (nSPS) is 16.6. The van der Waals surface area contributed by atoms with Crippen LogP contribution >= 0.6 is 11.6 Å². The van der Waals surface area contributed by atoms with E-state index in [0.29, 0.717) is 31.3 Å². The number of rotatable bonds is 6. The Morgan fingerprint density at radius 2 is 1.86 bits per heavy atom. The Hall–Kier alpha value is -2.19. The number of hydrogen-bond acceptors (Lipinski definition) is 4. The van der Waals surface area contributed by atoms with Crippen LogP contribution in [0.2, 0.25) is 5.02 Å². The molecule has 0 aromatic heterocycles. The Morgan fingerprint density at radius 3 is 2.52 bits per heavy atom. The smallest absolute Gasteiger partial charge is 0.244 e. The predicted molar refractivity (Wildman–Crippen MR) is 113 cm³/mol. The fraction of sp³-hybridized carbons (Fsp3) is 0.286. The van der Waals surface area contributed by atoms with Crippen molar-refractivity contribution in [3.63, 3.8) is 0 Å². The second kappa shape index (κ2) is 9.54. The molecule has 6 nitrogen and oxygen atoms in total. The van der Waals surface area contributed by atoms with E-state index in [1.165, 1.54) is 10.4 Å². The molecule has 3 rings (SSSR count). The number of ether oxygens (including phenoxy) is 1. The average Bonchev–Trinajstić information content (AvgIpc) is 2.73. The molecular weight excluding hydrogens is 412 g/mol. The fourth-order valence-corrected chi connectivity index (χ4v) is 4.59. The highest BCUT2D eigenvalue weighted by atomic mass is 35.5. The van der Waals surface area contributed by atoms with E-state index < -0.39 is 10.0 Å². The molecule has 0 radical (unpaired) electrons. The van der Waals surface area contributed by atoms with Crippen LogP contribution < -0.4 is 5.32 Å². The average molecular weight is 435 g/mol. The maximum atomic E-state index is 12.6. The number of benzene rings is 2. The summed E-state index contributed by atoms with van der Waals surface area (Å²) in [6, 6.07) is 13.6. The molecular formula is C21H23ClN2O4S. The number of morpholine rings is 1. The number of carbonyl (C=O) groups excluding carboxylic acids is 1. The summed E-state index contributed by atoms with van der Waals surface area (Å²) >= 11 is 5.98. The fourth-order valence-electron chi connectivity index (χ4n) is 2.98. The van der Waals surface area contributed by atoms with Gasteiger partial charge in [-0.05, 0) is 48.4 Å². The molecule has 0 bridgehead atoms. The Morgan fingerprint density at radius 1 is 1.17 bits per heavy atom. The van der Waals surface area contributed by atoms with Crippen molar-refractivity contribution in [2.24, 2.45) is 0 Å². The molecule has 1 N–H and O–H groups in total. The zero-order chi connectivity index (χ0) is 20.9. The second-order valence-electron chi connectivity index (χ2n) is 6.70. The van der Waals surface area contributed by atoms with Gasteiger partial charge in [0.25, 0.3) is 0 Å². The topological polar surface area (TPSA) is 75.7 Å². The monoisotopic (exact) mass is 434 g/mol. The van der Waals surface area contributed by atoms with E-state index in [-0.39, 0.29) is 16.8 Å². The molecule has 1 fully saturated rings. The summed E-state index contributed by atoms with van der Waals surface area (Å²) in [5.74, 6) is -0.248. The summed E-state index contributed by atoms with van der Waals surface area (Å²) < 4.78 is 31.9. The first kappa shape index (κ1) is 21.5. The maximum absolute atomic E-state index is 12.6. The van der Waals surface area contributed by atoms with Crippen LogP contribution in [0.15, 0.2) is 59.5 Å². The van der Waals surface area contributed by atoms with Gasteiger partial charge in [0.1, 0.15) is 0 Å². The summed E-state index contributed by atoms with van der Waals surface area (Å²) in [5, 5.41) is 3.49. The van der Waals surface area contributed by atoms with Crippen LogP contribution in [0.25, 0.3) is 6.08 Å². The van der Waals surface area contributed by atoms with Crippen molar-refractivity contribution in [2.75, 3.05) is 26.3 Å². The van der Waals surface area contributed by atoms with Gasteiger partial charge in [0, 0.05) is 24.2 Å². The van der Waals surface area contributed by atoms with Crippen molar-refractivity contribution in [1.82, 2.24) is 9.62 Å². The molecule has 1 saturated heterocycles. The summed E-state index contributed by atoms with van der Waals surface area (Å²) in [4.78, 5) is 12.4. The number of nitrogens with one attached hydrogen (secondary N) is 1. The first-order valence-electron chi connectivity index (χ1n) is 9.28. The Labute approximate surface area is 176 Å². The summed E-state index contributed by atoms with van der Waals surface area (Å²) in [6.07, 6.45) is 3.07. The molecule has 154 valence electrons. The van der Waals surface area contributed by atoms with Crippen molar-refractivity contribution in [3.05, 3.63) is 70.8 Å². The highest BCUT2D eigenvalue weighted by Gasteiger charge is 2.25. The molecule has 8 heteroatoms. The van der Waals surface area contributed by atoms with E-state index >= 15 is 0 Å². The van der Waals surface area contributed by atoms with Crippen molar-refractivity contribution in [1.29, 1.82) is 0 Å². The van der Waals surface area contributed by atoms with Crippen LogP contribution in [-0.2, 0) is 19.6 Å². The number of halogens is 1. The van der Waals surface area contributed by atoms with Crippen LogP contribution in [0.1, 0.15) is 24.1 Å². The molecule has 0 aliphatic carbocycles. The molecule has 1 aliphatic heterocycles. The lowest BCUT2D eigenvalue weighted by Crippen LogP contribution is -2.40. The van der Waals surface area contributed by atoms with Crippen LogP contribution in [-0.4, -0.2) is 44.9 Å². The minimum absolute atomic E-state index is 0.188. The van der Waals surface area contributed by atoms with Crippen LogP contribution in [0.5, 0.6) is 0 Å². The van der Waals surface area contributed by atoms with E-state index in [2.05, 4.69) is 5.32 Å². The third-order valence-electron chi connectivity index (χ3n) is 4.62. The van der Waals surface area contributed by atoms with Crippen molar-refractivity contribution >= 4 is 33.6 Å². The zero-order valence-corrected chi connectivity index (χ0v) is 17.6. The van der Waals surface area contributed by atoms with Crippen molar-refractivity contribution in [3.8, 4) is 0 Å². The SMILES string of the molecule is CC(NC(=O)/C=C/c1ccc(S(=O)(=O)N2CCOCC2)cc1)c1cccc(Cl)c1. The molecule has 2 aromatic rings. The first-order chi connectivity index (χ1) is 13.9. The van der Waals surface area contributed by atoms with Crippen LogP contribution in [0, 0.1) is 0 Å². The quantitative estimate of drug-likeness (QED) is 0.708. The largest absolute Gasteiger partial charge is 0.379 e. The van der Waals surface area contributed by atoms with Gasteiger partial charge < -0.3 is 10.1 Å². The summed E-state index contributed by atoms with van der Waals surface area (Å²) in [6.45, 7) is 3.40.